The number of H-pyrrole nitrogens is 1. The van der Waals surface area contributed by atoms with Crippen molar-refractivity contribution in [3.63, 3.8) is 0 Å². The summed E-state index contributed by atoms with van der Waals surface area (Å²) < 4.78 is 0. The topological polar surface area (TPSA) is 40.2 Å². The minimum Gasteiger partial charge on any atom is -0.398 e. The summed E-state index contributed by atoms with van der Waals surface area (Å²) in [6.07, 6.45) is 0.987. The van der Waals surface area contributed by atoms with Crippen LogP contribution in [-0.2, 0) is 6.42 Å². The van der Waals surface area contributed by atoms with Gasteiger partial charge < -0.3 is 5.73 Å². The molecule has 0 spiro atoms. The maximum absolute atomic E-state index is 6.07. The Kier molecular flexibility index (Phi) is 2.12. The number of nitrogens with one attached hydrogen (secondary N) is 1. The number of pyridine rings is 1. The molecule has 0 aliphatic heterocycles. The molecule has 0 saturated carbocycles. The highest BCUT2D eigenvalue weighted by atomic mass is 14.7. The van der Waals surface area contributed by atoms with E-state index >= 15 is 0 Å². The minimum absolute atomic E-state index is 0.899. The molecule has 2 heteroatoms. The van der Waals surface area contributed by atoms with Gasteiger partial charge in [0.25, 0.3) is 0 Å². The van der Waals surface area contributed by atoms with Crippen LogP contribution in [0.2, 0.25) is 0 Å². The largest absolute Gasteiger partial charge is 0.398 e. The second-order valence-electron chi connectivity index (χ2n) is 3.54. The zero-order valence-electron chi connectivity index (χ0n) is 8.59. The molecule has 1 aromatic carbocycles. The third kappa shape index (κ3) is 1.23. The van der Waals surface area contributed by atoms with Gasteiger partial charge in [0.2, 0.25) is 5.52 Å². The monoisotopic (exact) mass is 187 g/mol. The average molecular weight is 187 g/mol. The first kappa shape index (κ1) is 9.00. The number of fused-ring (bicyclic) bond motifs is 1. The lowest BCUT2D eigenvalue weighted by Crippen LogP contribution is -2.15. The average Bonchev–Trinajstić information content (AvgIpc) is 2.23. The van der Waals surface area contributed by atoms with E-state index < -0.39 is 0 Å². The Morgan fingerprint density at radius 3 is 2.71 bits per heavy atom. The molecule has 2 rings (SSSR count). The maximum atomic E-state index is 6.07. The van der Waals surface area contributed by atoms with Gasteiger partial charge in [-0.1, -0.05) is 19.1 Å². The highest BCUT2D eigenvalue weighted by molar-refractivity contribution is 5.89. The van der Waals surface area contributed by atoms with Crippen LogP contribution in [0.4, 0.5) is 5.69 Å². The van der Waals surface area contributed by atoms with Gasteiger partial charge >= 0.3 is 0 Å². The number of hydrogen-bond acceptors (Lipinski definition) is 1. The number of anilines is 1. The number of hydrogen-bond donors (Lipinski definition) is 1. The van der Waals surface area contributed by atoms with Crippen molar-refractivity contribution in [2.45, 2.75) is 20.3 Å². The lowest BCUT2D eigenvalue weighted by molar-refractivity contribution is -0.357. The van der Waals surface area contributed by atoms with Gasteiger partial charge in [0.15, 0.2) is 5.69 Å². The Morgan fingerprint density at radius 2 is 2.00 bits per heavy atom. The predicted octanol–water partition coefficient (Wildman–Crippen LogP) is 2.11. The molecule has 0 radical (unpaired) electrons. The van der Waals surface area contributed by atoms with Gasteiger partial charge in [0, 0.05) is 18.1 Å². The zero-order chi connectivity index (χ0) is 10.1. The summed E-state index contributed by atoms with van der Waals surface area (Å²) in [4.78, 5) is 3.41. The Balaban J connectivity index is 2.85. The highest BCUT2D eigenvalue weighted by Gasteiger charge is 2.12. The van der Waals surface area contributed by atoms with Crippen LogP contribution in [0.5, 0.6) is 0 Å². The van der Waals surface area contributed by atoms with Crippen molar-refractivity contribution in [3.05, 3.63) is 35.5 Å². The number of rotatable bonds is 1. The van der Waals surface area contributed by atoms with Crippen molar-refractivity contribution in [1.82, 2.24) is 0 Å². The summed E-state index contributed by atoms with van der Waals surface area (Å²) >= 11 is 0. The highest BCUT2D eigenvalue weighted by Crippen LogP contribution is 2.22. The fourth-order valence-electron chi connectivity index (χ4n) is 1.80. The second-order valence-corrected chi connectivity index (χ2v) is 3.54. The van der Waals surface area contributed by atoms with Crippen molar-refractivity contribution in [2.24, 2.45) is 0 Å². The van der Waals surface area contributed by atoms with Crippen LogP contribution < -0.4 is 10.7 Å². The molecule has 0 saturated heterocycles. The molecule has 2 nitrogen and oxygen atoms in total. The van der Waals surface area contributed by atoms with E-state index in [1.165, 1.54) is 11.3 Å². The molecular formula is C12H15N2+. The molecule has 0 fully saturated rings. The number of para-hydroxylation sites is 1. The van der Waals surface area contributed by atoms with Crippen LogP contribution in [0.25, 0.3) is 10.9 Å². The van der Waals surface area contributed by atoms with E-state index in [4.69, 9.17) is 5.73 Å². The van der Waals surface area contributed by atoms with E-state index in [9.17, 15) is 0 Å². The molecule has 0 aliphatic carbocycles. The molecule has 72 valence electrons. The fraction of sp³-hybridized carbons (Fsp3) is 0.250. The number of benzene rings is 1. The molecule has 1 aromatic heterocycles. The first-order valence-electron chi connectivity index (χ1n) is 4.93. The van der Waals surface area contributed by atoms with E-state index in [-0.39, 0.29) is 0 Å². The zero-order valence-corrected chi connectivity index (χ0v) is 8.59. The van der Waals surface area contributed by atoms with E-state index in [0.717, 1.165) is 23.0 Å². The summed E-state index contributed by atoms with van der Waals surface area (Å²) in [7, 11) is 0. The third-order valence-corrected chi connectivity index (χ3v) is 2.71. The molecule has 0 aliphatic rings. The number of nitrogen functional groups attached to an aromatic ring is 1. The van der Waals surface area contributed by atoms with Crippen molar-refractivity contribution < 1.29 is 4.98 Å². The quantitative estimate of drug-likeness (QED) is 0.729. The molecular weight excluding hydrogens is 172 g/mol. The van der Waals surface area contributed by atoms with E-state index in [0.29, 0.717) is 0 Å². The Labute approximate surface area is 83.8 Å². The maximum Gasteiger partial charge on any atom is 0.213 e. The van der Waals surface area contributed by atoms with Crippen molar-refractivity contribution in [2.75, 3.05) is 5.73 Å². The van der Waals surface area contributed by atoms with Crippen LogP contribution in [-0.4, -0.2) is 0 Å². The van der Waals surface area contributed by atoms with E-state index in [2.05, 4.69) is 24.9 Å². The van der Waals surface area contributed by atoms with Gasteiger partial charge in [-0.2, -0.15) is 0 Å². The number of aromatic amines is 1. The van der Waals surface area contributed by atoms with Crippen molar-refractivity contribution in [1.29, 1.82) is 0 Å². The van der Waals surface area contributed by atoms with Gasteiger partial charge in [-0.15, -0.1) is 0 Å². The normalized spacial score (nSPS) is 10.7. The number of aryl methyl sites for hydroxylation is 1. The van der Waals surface area contributed by atoms with E-state index in [1.54, 1.807) is 0 Å². The molecule has 3 N–H and O–H groups in total. The molecule has 1 heterocycles. The molecule has 2 aromatic rings. The molecule has 0 amide bonds. The predicted molar refractivity (Wildman–Crippen MR) is 59.0 cm³/mol. The van der Waals surface area contributed by atoms with Gasteiger partial charge in [-0.05, 0) is 13.0 Å². The lowest BCUT2D eigenvalue weighted by atomic mass is 10.1. The van der Waals surface area contributed by atoms with Crippen molar-refractivity contribution in [3.8, 4) is 0 Å². The summed E-state index contributed by atoms with van der Waals surface area (Å²) in [6.45, 7) is 4.20. The number of nitrogens with two attached hydrogens (primary N) is 1. The first-order valence-corrected chi connectivity index (χ1v) is 4.93. The number of aromatic nitrogens is 1. The Morgan fingerprint density at radius 1 is 1.29 bits per heavy atom. The van der Waals surface area contributed by atoms with Crippen LogP contribution in [0.1, 0.15) is 18.2 Å². The standard InChI is InChI=1S/C12H14N2/c1-3-10-8(2)12(13)9-6-4-5-7-11(9)14-10/h4-7H,3H2,1-2H3,(H2,13,14)/p+1. The molecule has 0 atom stereocenters. The van der Waals surface area contributed by atoms with Crippen LogP contribution in [0.3, 0.4) is 0 Å². The van der Waals surface area contributed by atoms with E-state index in [1.807, 2.05) is 18.2 Å². The van der Waals surface area contributed by atoms with Gasteiger partial charge in [0.05, 0.1) is 11.1 Å². The Hall–Kier alpha value is -1.57. The smallest absolute Gasteiger partial charge is 0.213 e. The minimum atomic E-state index is 0.899. The third-order valence-electron chi connectivity index (χ3n) is 2.71. The Bertz CT molecular complexity index is 475. The van der Waals surface area contributed by atoms with Gasteiger partial charge in [-0.3, -0.25) is 0 Å². The molecule has 0 bridgehead atoms. The van der Waals surface area contributed by atoms with Gasteiger partial charge in [-0.25, -0.2) is 4.98 Å². The summed E-state index contributed by atoms with van der Waals surface area (Å²) in [5.41, 5.74) is 10.5. The molecule has 14 heavy (non-hydrogen) atoms. The van der Waals surface area contributed by atoms with Gasteiger partial charge in [0.1, 0.15) is 0 Å². The van der Waals surface area contributed by atoms with Crippen molar-refractivity contribution >= 4 is 16.6 Å². The molecule has 0 unspecified atom stereocenters. The first-order chi connectivity index (χ1) is 6.74. The van der Waals surface area contributed by atoms with Crippen LogP contribution >= 0.6 is 0 Å². The lowest BCUT2D eigenvalue weighted by Gasteiger charge is -2.03. The SMILES string of the molecule is CCc1[nH+]c2ccccc2c(N)c1C. The summed E-state index contributed by atoms with van der Waals surface area (Å²) in [5, 5.41) is 1.11. The van der Waals surface area contributed by atoms with Crippen LogP contribution in [0, 0.1) is 6.92 Å². The summed E-state index contributed by atoms with van der Waals surface area (Å²) in [5.74, 6) is 0. The van der Waals surface area contributed by atoms with Crippen LogP contribution in [0.15, 0.2) is 24.3 Å². The summed E-state index contributed by atoms with van der Waals surface area (Å²) in [6, 6.07) is 8.14. The fourth-order valence-corrected chi connectivity index (χ4v) is 1.80. The second kappa shape index (κ2) is 3.29.